The molecule has 0 radical (unpaired) electrons. The second-order valence-corrected chi connectivity index (χ2v) is 4.78. The van der Waals surface area contributed by atoms with Crippen molar-refractivity contribution in [1.29, 1.82) is 0 Å². The fourth-order valence-corrected chi connectivity index (χ4v) is 2.23. The highest BCUT2D eigenvalue weighted by molar-refractivity contribution is 5.40. The Kier molecular flexibility index (Phi) is 3.65. The van der Waals surface area contributed by atoms with E-state index in [0.29, 0.717) is 22.6 Å². The van der Waals surface area contributed by atoms with Crippen LogP contribution in [0.5, 0.6) is 0 Å². The summed E-state index contributed by atoms with van der Waals surface area (Å²) in [6.07, 6.45) is -5.36. The summed E-state index contributed by atoms with van der Waals surface area (Å²) in [6, 6.07) is 4.51. The van der Waals surface area contributed by atoms with E-state index in [1.54, 1.807) is 13.8 Å². The summed E-state index contributed by atoms with van der Waals surface area (Å²) < 4.78 is 42.9. The Balaban J connectivity index is 2.37. The predicted octanol–water partition coefficient (Wildman–Crippen LogP) is 4.31. The highest BCUT2D eigenvalue weighted by atomic mass is 19.4. The van der Waals surface area contributed by atoms with Crippen LogP contribution in [0.4, 0.5) is 13.2 Å². The largest absolute Gasteiger partial charge is 0.466 e. The van der Waals surface area contributed by atoms with Gasteiger partial charge in [0.15, 0.2) is 0 Å². The minimum Gasteiger partial charge on any atom is -0.466 e. The smallest absolute Gasteiger partial charge is 0.416 e. The molecule has 2 nitrogen and oxygen atoms in total. The lowest BCUT2D eigenvalue weighted by molar-refractivity contribution is -0.137. The van der Waals surface area contributed by atoms with Gasteiger partial charge in [-0.05, 0) is 44.0 Å². The maximum Gasteiger partial charge on any atom is 0.416 e. The zero-order chi connectivity index (χ0) is 15.1. The summed E-state index contributed by atoms with van der Waals surface area (Å²) in [5.41, 5.74) is 1.10. The molecule has 1 unspecified atom stereocenters. The lowest BCUT2D eigenvalue weighted by atomic mass is 9.97. The van der Waals surface area contributed by atoms with Gasteiger partial charge in [0.05, 0.1) is 5.56 Å². The maximum absolute atomic E-state index is 12.5. The number of aliphatic hydroxyl groups is 1. The predicted molar refractivity (Wildman–Crippen MR) is 68.4 cm³/mol. The van der Waals surface area contributed by atoms with E-state index in [9.17, 15) is 18.3 Å². The van der Waals surface area contributed by atoms with Crippen LogP contribution >= 0.6 is 0 Å². The third-order valence-corrected chi connectivity index (χ3v) is 3.44. The van der Waals surface area contributed by atoms with Gasteiger partial charge in [-0.3, -0.25) is 0 Å². The molecule has 0 amide bonds. The topological polar surface area (TPSA) is 33.4 Å². The van der Waals surface area contributed by atoms with E-state index in [2.05, 4.69) is 0 Å². The van der Waals surface area contributed by atoms with Crippen molar-refractivity contribution < 1.29 is 22.7 Å². The molecule has 108 valence electrons. The van der Waals surface area contributed by atoms with Crippen LogP contribution < -0.4 is 0 Å². The fourth-order valence-electron chi connectivity index (χ4n) is 2.23. The molecule has 1 heterocycles. The monoisotopic (exact) mass is 284 g/mol. The van der Waals surface area contributed by atoms with Gasteiger partial charge < -0.3 is 9.52 Å². The number of furan rings is 1. The zero-order valence-electron chi connectivity index (χ0n) is 11.4. The Morgan fingerprint density at radius 1 is 1.00 bits per heavy atom. The van der Waals surface area contributed by atoms with Gasteiger partial charge in [-0.1, -0.05) is 12.1 Å². The summed E-state index contributed by atoms with van der Waals surface area (Å²) in [5.74, 6) is 1.27. The van der Waals surface area contributed by atoms with Crippen LogP contribution in [-0.4, -0.2) is 5.11 Å². The number of alkyl halides is 3. The van der Waals surface area contributed by atoms with Crippen LogP contribution in [0.3, 0.4) is 0 Å². The minimum absolute atomic E-state index is 0.407. The van der Waals surface area contributed by atoms with E-state index in [-0.39, 0.29) is 0 Å². The van der Waals surface area contributed by atoms with Crippen LogP contribution in [0.15, 0.2) is 28.7 Å². The zero-order valence-corrected chi connectivity index (χ0v) is 11.4. The van der Waals surface area contributed by atoms with E-state index in [1.165, 1.54) is 12.1 Å². The van der Waals surface area contributed by atoms with E-state index >= 15 is 0 Å². The Morgan fingerprint density at radius 3 is 1.95 bits per heavy atom. The van der Waals surface area contributed by atoms with Gasteiger partial charge in [0.25, 0.3) is 0 Å². The van der Waals surface area contributed by atoms with Gasteiger partial charge in [0.2, 0.25) is 0 Å². The average molecular weight is 284 g/mol. The van der Waals surface area contributed by atoms with E-state index in [1.807, 2.05) is 6.92 Å². The molecule has 1 aromatic carbocycles. The number of halogens is 3. The van der Waals surface area contributed by atoms with Crippen LogP contribution in [-0.2, 0) is 6.18 Å². The molecule has 0 saturated carbocycles. The third-order valence-electron chi connectivity index (χ3n) is 3.44. The third kappa shape index (κ3) is 2.58. The maximum atomic E-state index is 12.5. The number of hydrogen-bond acceptors (Lipinski definition) is 2. The Bertz CT molecular complexity index is 609. The second kappa shape index (κ2) is 4.98. The molecule has 0 aliphatic carbocycles. The second-order valence-electron chi connectivity index (χ2n) is 4.78. The Labute approximate surface area is 114 Å². The highest BCUT2D eigenvalue weighted by Crippen LogP contribution is 2.34. The molecule has 1 N–H and O–H groups in total. The molecular formula is C15H15F3O2. The first-order chi connectivity index (χ1) is 9.21. The molecule has 0 aliphatic rings. The van der Waals surface area contributed by atoms with Crippen molar-refractivity contribution >= 4 is 0 Å². The van der Waals surface area contributed by atoms with Gasteiger partial charge in [-0.2, -0.15) is 13.2 Å². The van der Waals surface area contributed by atoms with Crippen LogP contribution in [0.1, 0.15) is 39.9 Å². The Hall–Kier alpha value is -1.75. The summed E-state index contributed by atoms with van der Waals surface area (Å²) in [5, 5.41) is 10.3. The van der Waals surface area contributed by atoms with Gasteiger partial charge >= 0.3 is 6.18 Å². The Morgan fingerprint density at radius 2 is 1.55 bits per heavy atom. The number of aliphatic hydroxyl groups excluding tert-OH is 1. The fraction of sp³-hybridized carbons (Fsp3) is 0.333. The number of benzene rings is 1. The molecule has 0 fully saturated rings. The molecular weight excluding hydrogens is 269 g/mol. The summed E-state index contributed by atoms with van der Waals surface area (Å²) >= 11 is 0. The summed E-state index contributed by atoms with van der Waals surface area (Å²) in [4.78, 5) is 0. The number of aryl methyl sites for hydroxylation is 2. The molecule has 5 heteroatoms. The normalized spacial score (nSPS) is 13.6. The quantitative estimate of drug-likeness (QED) is 0.891. The van der Waals surface area contributed by atoms with E-state index < -0.39 is 17.8 Å². The molecule has 20 heavy (non-hydrogen) atoms. The van der Waals surface area contributed by atoms with Crippen molar-refractivity contribution in [2.45, 2.75) is 33.1 Å². The average Bonchev–Trinajstić information content (AvgIpc) is 2.62. The summed E-state index contributed by atoms with van der Waals surface area (Å²) in [6.45, 7) is 5.32. The lowest BCUT2D eigenvalue weighted by Crippen LogP contribution is -2.06. The first kappa shape index (κ1) is 14.7. The van der Waals surface area contributed by atoms with Gasteiger partial charge in [-0.15, -0.1) is 0 Å². The van der Waals surface area contributed by atoms with E-state index in [0.717, 1.165) is 17.7 Å². The van der Waals surface area contributed by atoms with Gasteiger partial charge in [-0.25, -0.2) is 0 Å². The van der Waals surface area contributed by atoms with E-state index in [4.69, 9.17) is 4.42 Å². The van der Waals surface area contributed by atoms with Crippen molar-refractivity contribution in [2.24, 2.45) is 0 Å². The lowest BCUT2D eigenvalue weighted by Gasteiger charge is -2.13. The SMILES string of the molecule is Cc1oc(C)c(C(O)c2ccc(C(F)(F)F)cc2)c1C. The molecule has 0 saturated heterocycles. The van der Waals surface area contributed by atoms with Crippen LogP contribution in [0.2, 0.25) is 0 Å². The molecule has 1 atom stereocenters. The van der Waals surface area contributed by atoms with Crippen molar-refractivity contribution in [3.05, 3.63) is 58.0 Å². The van der Waals surface area contributed by atoms with Gasteiger partial charge in [0, 0.05) is 5.56 Å². The summed E-state index contributed by atoms with van der Waals surface area (Å²) in [7, 11) is 0. The van der Waals surface area contributed by atoms with Crippen LogP contribution in [0.25, 0.3) is 0 Å². The van der Waals surface area contributed by atoms with Crippen molar-refractivity contribution in [3.8, 4) is 0 Å². The first-order valence-corrected chi connectivity index (χ1v) is 6.13. The molecule has 1 aromatic heterocycles. The van der Waals surface area contributed by atoms with Crippen molar-refractivity contribution in [2.75, 3.05) is 0 Å². The van der Waals surface area contributed by atoms with Crippen molar-refractivity contribution in [1.82, 2.24) is 0 Å². The molecule has 0 spiro atoms. The first-order valence-electron chi connectivity index (χ1n) is 6.13. The molecule has 2 rings (SSSR count). The highest BCUT2D eigenvalue weighted by Gasteiger charge is 2.30. The van der Waals surface area contributed by atoms with Crippen LogP contribution in [0, 0.1) is 20.8 Å². The molecule has 0 bridgehead atoms. The minimum atomic E-state index is -4.37. The molecule has 0 aliphatic heterocycles. The number of rotatable bonds is 2. The van der Waals surface area contributed by atoms with Gasteiger partial charge in [0.1, 0.15) is 17.6 Å². The van der Waals surface area contributed by atoms with Crippen molar-refractivity contribution in [3.63, 3.8) is 0 Å². The molecule has 2 aromatic rings. The number of hydrogen-bond donors (Lipinski definition) is 1. The standard InChI is InChI=1S/C15H15F3O2/c1-8-9(2)20-10(3)13(8)14(19)11-4-6-12(7-5-11)15(16,17)18/h4-7,14,19H,1-3H3.